The maximum Gasteiger partial charge on any atom is 0.0909 e. The highest BCUT2D eigenvalue weighted by Crippen LogP contribution is 2.60. The van der Waals surface area contributed by atoms with Gasteiger partial charge in [0.1, 0.15) is 0 Å². The minimum atomic E-state index is -0.503. The molecule has 1 aliphatic carbocycles. The van der Waals surface area contributed by atoms with Gasteiger partial charge in [-0.2, -0.15) is 0 Å². The molecule has 55 heavy (non-hydrogen) atoms. The Balaban J connectivity index is 1.23. The average molecular weight is 719 g/mol. The van der Waals surface area contributed by atoms with E-state index >= 15 is 0 Å². The largest absolute Gasteiger partial charge is 0.308 e. The van der Waals surface area contributed by atoms with Gasteiger partial charge in [0, 0.05) is 27.5 Å². The number of hydrogen-bond acceptors (Lipinski definition) is 3. The minimum Gasteiger partial charge on any atom is -0.308 e. The molecule has 2 heterocycles. The number of anilines is 3. The summed E-state index contributed by atoms with van der Waals surface area (Å²) in [6.45, 7) is 0. The predicted molar refractivity (Wildman–Crippen MR) is 232 cm³/mol. The van der Waals surface area contributed by atoms with Crippen LogP contribution in [0.1, 0.15) is 22.3 Å². The Bertz CT molecular complexity index is 2980. The van der Waals surface area contributed by atoms with Gasteiger partial charge in [-0.3, -0.25) is 4.98 Å². The highest BCUT2D eigenvalue weighted by Gasteiger charge is 2.47. The fourth-order valence-electron chi connectivity index (χ4n) is 9.05. The third-order valence-electron chi connectivity index (χ3n) is 11.4. The topological polar surface area (TPSA) is 16.1 Å². The van der Waals surface area contributed by atoms with E-state index in [1.165, 1.54) is 70.1 Å². The zero-order valence-corrected chi connectivity index (χ0v) is 30.7. The molecule has 11 rings (SSSR count). The number of nitrogens with zero attached hydrogens (tertiary/aromatic N) is 2. The van der Waals surface area contributed by atoms with Crippen LogP contribution in [0.4, 0.5) is 17.1 Å². The molecule has 0 unspecified atom stereocenters. The Morgan fingerprint density at radius 1 is 0.436 bits per heavy atom. The van der Waals surface area contributed by atoms with Crippen LogP contribution in [0, 0.1) is 0 Å². The smallest absolute Gasteiger partial charge is 0.0909 e. The van der Waals surface area contributed by atoms with Gasteiger partial charge in [0.15, 0.2) is 0 Å². The SMILES string of the molecule is c1ccc(-c2ccc(N(c3cccc4c3-c3ccccc3C4(c3ccccc3)c3ccccc3)c3ccnc4c3sc3c5ccccc5ccc43)cc2)cc1. The van der Waals surface area contributed by atoms with Crippen LogP contribution in [0.3, 0.4) is 0 Å². The van der Waals surface area contributed by atoms with Crippen LogP contribution < -0.4 is 4.90 Å². The number of fused-ring (bicyclic) bond motifs is 8. The van der Waals surface area contributed by atoms with Crippen LogP contribution in [0.2, 0.25) is 0 Å². The molecule has 0 amide bonds. The summed E-state index contributed by atoms with van der Waals surface area (Å²) >= 11 is 1.84. The van der Waals surface area contributed by atoms with Crippen molar-refractivity contribution in [3.63, 3.8) is 0 Å². The van der Waals surface area contributed by atoms with Crippen molar-refractivity contribution in [3.05, 3.63) is 229 Å². The summed E-state index contributed by atoms with van der Waals surface area (Å²) in [5.74, 6) is 0. The van der Waals surface area contributed by atoms with Crippen LogP contribution >= 0.6 is 11.3 Å². The number of thiophene rings is 1. The highest BCUT2D eigenvalue weighted by atomic mass is 32.1. The standard InChI is InChI=1S/C52H34N2S/c1-4-15-35(16-5-1)36-27-30-40(31-28-36)54(47-33-34-53-49-43-32-29-37-17-10-11-22-41(37)50(43)55-51(47)49)46-26-14-25-45-48(46)42-23-12-13-24-44(42)52(45,38-18-6-2-7-19-38)39-20-8-3-9-21-39/h1-34H. The lowest BCUT2D eigenvalue weighted by atomic mass is 9.68. The Kier molecular flexibility index (Phi) is 7.29. The third kappa shape index (κ3) is 4.77. The van der Waals surface area contributed by atoms with E-state index in [2.05, 4.69) is 205 Å². The van der Waals surface area contributed by atoms with Gasteiger partial charge in [0.05, 0.1) is 27.0 Å². The van der Waals surface area contributed by atoms with Crippen molar-refractivity contribution in [2.75, 3.05) is 4.90 Å². The Labute approximate surface area is 324 Å². The van der Waals surface area contributed by atoms with E-state index in [0.717, 1.165) is 22.6 Å². The molecule has 2 nitrogen and oxygen atoms in total. The highest BCUT2D eigenvalue weighted by molar-refractivity contribution is 7.27. The maximum absolute atomic E-state index is 5.05. The summed E-state index contributed by atoms with van der Waals surface area (Å²) in [5, 5.41) is 3.69. The molecular formula is C52H34N2S. The van der Waals surface area contributed by atoms with E-state index in [1.807, 2.05) is 17.5 Å². The summed E-state index contributed by atoms with van der Waals surface area (Å²) < 4.78 is 2.44. The van der Waals surface area contributed by atoms with E-state index in [9.17, 15) is 0 Å². The molecule has 0 saturated carbocycles. The lowest BCUT2D eigenvalue weighted by molar-refractivity contribution is 0.768. The van der Waals surface area contributed by atoms with Crippen LogP contribution in [0.15, 0.2) is 206 Å². The molecule has 0 atom stereocenters. The van der Waals surface area contributed by atoms with E-state index < -0.39 is 5.41 Å². The first-order valence-corrected chi connectivity index (χ1v) is 19.6. The molecule has 0 radical (unpaired) electrons. The molecule has 8 aromatic carbocycles. The van der Waals surface area contributed by atoms with Crippen molar-refractivity contribution in [3.8, 4) is 22.3 Å². The van der Waals surface area contributed by atoms with Crippen molar-refractivity contribution in [1.29, 1.82) is 0 Å². The van der Waals surface area contributed by atoms with Gasteiger partial charge in [-0.05, 0) is 74.0 Å². The van der Waals surface area contributed by atoms with Crippen molar-refractivity contribution >= 4 is 59.5 Å². The molecule has 3 heteroatoms. The molecule has 0 N–H and O–H groups in total. The monoisotopic (exact) mass is 718 g/mol. The first-order chi connectivity index (χ1) is 27.3. The lowest BCUT2D eigenvalue weighted by Gasteiger charge is -2.34. The van der Waals surface area contributed by atoms with Gasteiger partial charge in [-0.25, -0.2) is 0 Å². The number of rotatable bonds is 6. The fraction of sp³-hybridized carbons (Fsp3) is 0.0192. The molecule has 0 saturated heterocycles. The summed E-state index contributed by atoms with van der Waals surface area (Å²) in [6, 6.07) is 73.1. The van der Waals surface area contributed by atoms with Crippen molar-refractivity contribution in [2.24, 2.45) is 0 Å². The molecule has 258 valence electrons. The first-order valence-electron chi connectivity index (χ1n) is 18.8. The molecule has 0 aliphatic heterocycles. The average Bonchev–Trinajstić information content (AvgIpc) is 3.80. The van der Waals surface area contributed by atoms with Crippen molar-refractivity contribution in [1.82, 2.24) is 4.98 Å². The fourth-order valence-corrected chi connectivity index (χ4v) is 10.3. The van der Waals surface area contributed by atoms with Gasteiger partial charge in [0.25, 0.3) is 0 Å². The van der Waals surface area contributed by atoms with E-state index in [4.69, 9.17) is 4.98 Å². The molecule has 1 aliphatic rings. The maximum atomic E-state index is 5.05. The third-order valence-corrected chi connectivity index (χ3v) is 12.6. The summed E-state index contributed by atoms with van der Waals surface area (Å²) in [4.78, 5) is 7.54. The number of hydrogen-bond donors (Lipinski definition) is 0. The van der Waals surface area contributed by atoms with Gasteiger partial charge < -0.3 is 4.90 Å². The number of pyridine rings is 1. The first kappa shape index (κ1) is 31.7. The normalized spacial score (nSPS) is 12.9. The van der Waals surface area contributed by atoms with Crippen molar-refractivity contribution < 1.29 is 0 Å². The minimum absolute atomic E-state index is 0.503. The molecule has 0 bridgehead atoms. The molecule has 2 aromatic heterocycles. The lowest BCUT2D eigenvalue weighted by Crippen LogP contribution is -2.28. The number of aromatic nitrogens is 1. The van der Waals surface area contributed by atoms with Gasteiger partial charge in [-0.1, -0.05) is 176 Å². The molecular weight excluding hydrogens is 685 g/mol. The molecule has 10 aromatic rings. The Morgan fingerprint density at radius 3 is 1.84 bits per heavy atom. The van der Waals surface area contributed by atoms with Crippen LogP contribution in [0.25, 0.3) is 53.3 Å². The second-order valence-electron chi connectivity index (χ2n) is 14.2. The summed E-state index contributed by atoms with van der Waals surface area (Å²) in [5.41, 5.74) is 13.9. The van der Waals surface area contributed by atoms with Crippen LogP contribution in [0.5, 0.6) is 0 Å². The zero-order valence-electron chi connectivity index (χ0n) is 29.9. The van der Waals surface area contributed by atoms with E-state index in [0.29, 0.717) is 0 Å². The van der Waals surface area contributed by atoms with Crippen LogP contribution in [-0.4, -0.2) is 4.98 Å². The Hall–Kier alpha value is -6.81. The van der Waals surface area contributed by atoms with Crippen molar-refractivity contribution in [2.45, 2.75) is 5.41 Å². The summed E-state index contributed by atoms with van der Waals surface area (Å²) in [7, 11) is 0. The predicted octanol–water partition coefficient (Wildman–Crippen LogP) is 14.1. The quantitative estimate of drug-likeness (QED) is 0.170. The molecule has 0 fully saturated rings. The zero-order chi connectivity index (χ0) is 36.3. The second kappa shape index (κ2) is 12.7. The van der Waals surface area contributed by atoms with Gasteiger partial charge >= 0.3 is 0 Å². The molecule has 0 spiro atoms. The second-order valence-corrected chi connectivity index (χ2v) is 15.3. The van der Waals surface area contributed by atoms with E-state index in [-0.39, 0.29) is 0 Å². The van der Waals surface area contributed by atoms with Gasteiger partial charge in [-0.15, -0.1) is 11.3 Å². The number of benzene rings is 8. The summed E-state index contributed by atoms with van der Waals surface area (Å²) in [6.07, 6.45) is 1.99. The van der Waals surface area contributed by atoms with E-state index in [1.54, 1.807) is 0 Å². The van der Waals surface area contributed by atoms with Crippen LogP contribution in [-0.2, 0) is 5.41 Å². The van der Waals surface area contributed by atoms with Gasteiger partial charge in [0.2, 0.25) is 0 Å². The Morgan fingerprint density at radius 2 is 1.07 bits per heavy atom.